The number of benzene rings is 1. The normalized spacial score (nSPS) is 10.4. The lowest BCUT2D eigenvalue weighted by Gasteiger charge is -2.06. The van der Waals surface area contributed by atoms with Gasteiger partial charge in [0.15, 0.2) is 6.61 Å². The van der Waals surface area contributed by atoms with E-state index in [1.165, 1.54) is 18.2 Å². The van der Waals surface area contributed by atoms with Gasteiger partial charge in [0.25, 0.3) is 5.89 Å². The zero-order chi connectivity index (χ0) is 13.8. The second-order valence-electron chi connectivity index (χ2n) is 3.68. The van der Waals surface area contributed by atoms with Gasteiger partial charge < -0.3 is 14.3 Å². The zero-order valence-electron chi connectivity index (χ0n) is 10.1. The number of carboxylic acid groups (broad SMARTS) is 1. The quantitative estimate of drug-likeness (QED) is 0.907. The van der Waals surface area contributed by atoms with E-state index in [0.29, 0.717) is 24.0 Å². The number of halogens is 1. The molecule has 0 saturated heterocycles. The first-order valence-electron chi connectivity index (χ1n) is 5.57. The summed E-state index contributed by atoms with van der Waals surface area (Å²) in [5.74, 6) is 0.196. The van der Waals surface area contributed by atoms with Crippen molar-refractivity contribution in [3.8, 4) is 5.75 Å². The summed E-state index contributed by atoms with van der Waals surface area (Å²) in [7, 11) is 0. The maximum atomic E-state index is 10.7. The highest BCUT2D eigenvalue weighted by Gasteiger charge is 2.10. The van der Waals surface area contributed by atoms with Crippen molar-refractivity contribution in [2.45, 2.75) is 20.0 Å². The third-order valence-corrected chi connectivity index (χ3v) is 2.64. The molecule has 1 heterocycles. The maximum absolute atomic E-state index is 10.7. The van der Waals surface area contributed by atoms with Gasteiger partial charge in [0.1, 0.15) is 5.75 Å². The Balaban J connectivity index is 2.05. The van der Waals surface area contributed by atoms with Crippen LogP contribution in [0.25, 0.3) is 0 Å². The van der Waals surface area contributed by atoms with Crippen LogP contribution in [-0.2, 0) is 13.0 Å². The molecule has 2 aromatic rings. The average molecular weight is 283 g/mol. The molecule has 7 heteroatoms. The van der Waals surface area contributed by atoms with Crippen molar-refractivity contribution in [2.75, 3.05) is 0 Å². The van der Waals surface area contributed by atoms with Gasteiger partial charge in [-0.15, -0.1) is 10.2 Å². The minimum absolute atomic E-state index is 0.0825. The van der Waals surface area contributed by atoms with Crippen molar-refractivity contribution in [3.05, 3.63) is 40.6 Å². The Kier molecular flexibility index (Phi) is 4.01. The van der Waals surface area contributed by atoms with Crippen LogP contribution in [0, 0.1) is 0 Å². The fourth-order valence-electron chi connectivity index (χ4n) is 1.38. The van der Waals surface area contributed by atoms with Crippen LogP contribution in [0.3, 0.4) is 0 Å². The van der Waals surface area contributed by atoms with Crippen LogP contribution in [0.15, 0.2) is 22.6 Å². The molecule has 0 fully saturated rings. The van der Waals surface area contributed by atoms with E-state index in [9.17, 15) is 4.79 Å². The Bertz CT molecular complexity index is 597. The molecule has 0 spiro atoms. The highest BCUT2D eigenvalue weighted by atomic mass is 35.5. The smallest absolute Gasteiger partial charge is 0.335 e. The molecule has 1 aromatic carbocycles. The summed E-state index contributed by atoms with van der Waals surface area (Å²) in [5, 5.41) is 16.6. The Morgan fingerprint density at radius 3 is 2.74 bits per heavy atom. The lowest BCUT2D eigenvalue weighted by Crippen LogP contribution is -1.99. The minimum atomic E-state index is -1.04. The van der Waals surface area contributed by atoms with Crippen molar-refractivity contribution >= 4 is 17.6 Å². The molecule has 19 heavy (non-hydrogen) atoms. The van der Waals surface area contributed by atoms with Crippen LogP contribution < -0.4 is 4.74 Å². The van der Waals surface area contributed by atoms with Crippen molar-refractivity contribution in [3.63, 3.8) is 0 Å². The number of ether oxygens (including phenoxy) is 1. The highest BCUT2D eigenvalue weighted by molar-refractivity contribution is 6.32. The molecule has 1 N–H and O–H groups in total. The van der Waals surface area contributed by atoms with Crippen LogP contribution in [0.1, 0.15) is 29.1 Å². The van der Waals surface area contributed by atoms with Gasteiger partial charge in [-0.1, -0.05) is 18.5 Å². The summed E-state index contributed by atoms with van der Waals surface area (Å²) in [5.41, 5.74) is 0.100. The first kappa shape index (κ1) is 13.4. The van der Waals surface area contributed by atoms with E-state index in [4.69, 9.17) is 25.9 Å². The number of rotatable bonds is 5. The van der Waals surface area contributed by atoms with Crippen LogP contribution in [0.2, 0.25) is 5.02 Å². The predicted octanol–water partition coefficient (Wildman–Crippen LogP) is 2.56. The molecular formula is C12H11ClN2O4. The summed E-state index contributed by atoms with van der Waals surface area (Å²) < 4.78 is 10.7. The van der Waals surface area contributed by atoms with Crippen molar-refractivity contribution in [1.29, 1.82) is 0 Å². The Morgan fingerprint density at radius 2 is 2.16 bits per heavy atom. The molecule has 0 bridgehead atoms. The molecule has 0 radical (unpaired) electrons. The number of aryl methyl sites for hydroxylation is 1. The lowest BCUT2D eigenvalue weighted by atomic mass is 10.2. The number of carbonyl (C=O) groups is 1. The predicted molar refractivity (Wildman–Crippen MR) is 66.4 cm³/mol. The van der Waals surface area contributed by atoms with E-state index in [1.54, 1.807) is 0 Å². The summed E-state index contributed by atoms with van der Waals surface area (Å²) in [6, 6.07) is 4.22. The van der Waals surface area contributed by atoms with Crippen LogP contribution in [-0.4, -0.2) is 21.3 Å². The molecule has 0 aliphatic rings. The van der Waals surface area contributed by atoms with Gasteiger partial charge in [0.05, 0.1) is 10.6 Å². The Morgan fingerprint density at radius 1 is 1.42 bits per heavy atom. The number of carboxylic acids is 1. The van der Waals surface area contributed by atoms with Crippen molar-refractivity contribution in [1.82, 2.24) is 10.2 Å². The number of hydrogen-bond acceptors (Lipinski definition) is 5. The zero-order valence-corrected chi connectivity index (χ0v) is 10.8. The number of nitrogens with zero attached hydrogens (tertiary/aromatic N) is 2. The third kappa shape index (κ3) is 3.23. The molecule has 0 aliphatic carbocycles. The van der Waals surface area contributed by atoms with Gasteiger partial charge in [-0.25, -0.2) is 4.79 Å². The molecule has 2 rings (SSSR count). The lowest BCUT2D eigenvalue weighted by molar-refractivity contribution is 0.0697. The molecule has 0 unspecified atom stereocenters. The van der Waals surface area contributed by atoms with Gasteiger partial charge >= 0.3 is 5.97 Å². The molecule has 100 valence electrons. The largest absolute Gasteiger partial charge is 0.482 e. The second kappa shape index (κ2) is 5.71. The molecule has 0 saturated carbocycles. The van der Waals surface area contributed by atoms with Gasteiger partial charge in [0.2, 0.25) is 5.89 Å². The summed E-state index contributed by atoms with van der Waals surface area (Å²) in [6.07, 6.45) is 0.654. The van der Waals surface area contributed by atoms with E-state index in [2.05, 4.69) is 10.2 Å². The highest BCUT2D eigenvalue weighted by Crippen LogP contribution is 2.26. The monoisotopic (exact) mass is 282 g/mol. The number of aromatic nitrogens is 2. The number of aromatic carboxylic acids is 1. The fraction of sp³-hybridized carbons (Fsp3) is 0.250. The maximum Gasteiger partial charge on any atom is 0.335 e. The first-order valence-corrected chi connectivity index (χ1v) is 5.95. The molecule has 0 atom stereocenters. The summed E-state index contributed by atoms with van der Waals surface area (Å²) >= 11 is 5.92. The Hall–Kier alpha value is -2.08. The van der Waals surface area contributed by atoms with Crippen LogP contribution in [0.5, 0.6) is 5.75 Å². The molecule has 0 aliphatic heterocycles. The van der Waals surface area contributed by atoms with E-state index in [-0.39, 0.29) is 17.2 Å². The fourth-order valence-corrected chi connectivity index (χ4v) is 1.62. The summed E-state index contributed by atoms with van der Waals surface area (Å²) in [4.78, 5) is 10.7. The third-order valence-electron chi connectivity index (χ3n) is 2.34. The standard InChI is InChI=1S/C12H11ClN2O4/c1-2-10-14-15-11(19-10)6-18-9-4-3-7(12(16)17)5-8(9)13/h3-5H,2,6H2,1H3,(H,16,17). The van der Waals surface area contributed by atoms with E-state index in [1.807, 2.05) is 6.92 Å². The van der Waals surface area contributed by atoms with Gasteiger partial charge in [-0.2, -0.15) is 0 Å². The van der Waals surface area contributed by atoms with E-state index in [0.717, 1.165) is 0 Å². The molecule has 1 aromatic heterocycles. The van der Waals surface area contributed by atoms with E-state index >= 15 is 0 Å². The minimum Gasteiger partial charge on any atom is -0.482 e. The van der Waals surface area contributed by atoms with Gasteiger partial charge in [-0.3, -0.25) is 0 Å². The van der Waals surface area contributed by atoms with Gasteiger partial charge in [0, 0.05) is 6.42 Å². The number of hydrogen-bond donors (Lipinski definition) is 1. The summed E-state index contributed by atoms with van der Waals surface area (Å²) in [6.45, 7) is 1.98. The molecule has 6 nitrogen and oxygen atoms in total. The SMILES string of the molecule is CCc1nnc(COc2ccc(C(=O)O)cc2Cl)o1. The van der Waals surface area contributed by atoms with Gasteiger partial charge in [-0.05, 0) is 18.2 Å². The Labute approximate surface area is 114 Å². The van der Waals surface area contributed by atoms with Crippen LogP contribution in [0.4, 0.5) is 0 Å². The topological polar surface area (TPSA) is 85.5 Å². The average Bonchev–Trinajstić information content (AvgIpc) is 2.85. The molecular weight excluding hydrogens is 272 g/mol. The van der Waals surface area contributed by atoms with E-state index < -0.39 is 5.97 Å². The first-order chi connectivity index (χ1) is 9.10. The van der Waals surface area contributed by atoms with Crippen molar-refractivity contribution < 1.29 is 19.1 Å². The molecule has 0 amide bonds. The van der Waals surface area contributed by atoms with Crippen LogP contribution >= 0.6 is 11.6 Å². The van der Waals surface area contributed by atoms with Crippen molar-refractivity contribution in [2.24, 2.45) is 0 Å². The second-order valence-corrected chi connectivity index (χ2v) is 4.09.